The predicted molar refractivity (Wildman–Crippen MR) is 114 cm³/mol. The second-order valence-electron chi connectivity index (χ2n) is 8.15. The lowest BCUT2D eigenvalue weighted by atomic mass is 10.0. The van der Waals surface area contributed by atoms with Crippen molar-refractivity contribution in [2.45, 2.75) is 44.6 Å². The number of aromatic nitrogens is 5. The Hall–Kier alpha value is -3.29. The largest absolute Gasteiger partial charge is 0.486 e. The molecule has 4 fully saturated rings. The summed E-state index contributed by atoms with van der Waals surface area (Å²) in [7, 11) is -3.99. The summed E-state index contributed by atoms with van der Waals surface area (Å²) in [6, 6.07) is 7.21. The number of pyridine rings is 1. The molecule has 0 unspecified atom stereocenters. The van der Waals surface area contributed by atoms with Crippen LogP contribution in [-0.2, 0) is 29.4 Å². The van der Waals surface area contributed by atoms with Crippen LogP contribution >= 0.6 is 7.82 Å². The number of tetrazole rings is 1. The number of benzene rings is 1. The number of ether oxygens (including phenoxy) is 1. The Morgan fingerprint density at radius 2 is 2.03 bits per heavy atom. The van der Waals surface area contributed by atoms with Crippen molar-refractivity contribution in [3.8, 4) is 22.6 Å². The van der Waals surface area contributed by atoms with E-state index in [9.17, 15) is 14.5 Å². The predicted octanol–water partition coefficient (Wildman–Crippen LogP) is 2.82. The Labute approximate surface area is 197 Å². The first-order chi connectivity index (χ1) is 16.7. The van der Waals surface area contributed by atoms with Crippen molar-refractivity contribution in [1.29, 1.82) is 0 Å². The molecule has 15 heteroatoms. The van der Waals surface area contributed by atoms with Crippen molar-refractivity contribution in [2.24, 2.45) is 0 Å². The molecule has 1 aromatic carbocycles. The molecule has 1 N–H and O–H groups in total. The molecule has 4 aliphatic heterocycles. The minimum Gasteiger partial charge on any atom is -0.405 e. The van der Waals surface area contributed by atoms with Crippen molar-refractivity contribution in [3.05, 3.63) is 42.3 Å². The fourth-order valence-corrected chi connectivity index (χ4v) is 5.97. The first-order valence-corrected chi connectivity index (χ1v) is 12.1. The van der Waals surface area contributed by atoms with Gasteiger partial charge in [0.1, 0.15) is 17.6 Å². The third-order valence-electron chi connectivity index (χ3n) is 5.82. The van der Waals surface area contributed by atoms with Gasteiger partial charge in [0.15, 0.2) is 0 Å². The number of hydrogen-bond donors (Lipinski definition) is 1. The molecule has 6 heterocycles. The van der Waals surface area contributed by atoms with Crippen LogP contribution in [-0.4, -0.2) is 54.2 Å². The van der Waals surface area contributed by atoms with Gasteiger partial charge >= 0.3 is 25.6 Å². The zero-order valence-electron chi connectivity index (χ0n) is 18.4. The Kier molecular flexibility index (Phi) is 4.66. The number of carbonyl (C=O) groups is 1. The molecular weight excluding hydrogens is 486 g/mol. The molecule has 2 atom stereocenters. The molecule has 182 valence electrons. The lowest BCUT2D eigenvalue weighted by Gasteiger charge is -2.39. The van der Waals surface area contributed by atoms with Crippen LogP contribution in [0.3, 0.4) is 0 Å². The summed E-state index contributed by atoms with van der Waals surface area (Å²) >= 11 is 0. The first kappa shape index (κ1) is 22.2. The van der Waals surface area contributed by atoms with Crippen LogP contribution in [0, 0.1) is 5.82 Å². The molecule has 7 rings (SSSR count). The molecule has 4 saturated heterocycles. The number of phosphoric acid groups is 1. The van der Waals surface area contributed by atoms with Gasteiger partial charge in [-0.1, -0.05) is 13.0 Å². The third-order valence-corrected chi connectivity index (χ3v) is 7.25. The molecule has 3 aromatic rings. The van der Waals surface area contributed by atoms with Crippen molar-refractivity contribution >= 4 is 19.6 Å². The van der Waals surface area contributed by atoms with E-state index in [0.29, 0.717) is 23.6 Å². The van der Waals surface area contributed by atoms with Gasteiger partial charge in [0.2, 0.25) is 5.82 Å². The SMILES string of the molecule is CCCn1nnc(-c2ccc(-c3ccc(N4C(=O)O[C@]5([C@@H](C)O)OP6(=O)OC45O6)cc3F)cn2)n1. The normalized spacial score (nSPS) is 29.6. The highest BCUT2D eigenvalue weighted by Crippen LogP contribution is 2.81. The van der Waals surface area contributed by atoms with E-state index in [1.807, 2.05) is 6.92 Å². The number of carbonyl (C=O) groups excluding carboxylic acids is 1. The Morgan fingerprint density at radius 1 is 1.23 bits per heavy atom. The number of halogens is 1. The Balaban J connectivity index is 1.29. The molecule has 0 radical (unpaired) electrons. The zero-order valence-corrected chi connectivity index (χ0v) is 19.3. The standard InChI is InChI=1S/C20H18FN6O7P/c1-3-8-26-24-17(23-25-26)16-7-4-12(10-22-16)14-6-5-13(9-15(14)21)27-18(29)31-19(11(2)28)20(27)33-35(30,32-19)34-20/h4-7,9-11,28H,3,8H2,1-2H3/t11-,19-,20?,35?/m1/s1. The van der Waals surface area contributed by atoms with E-state index < -0.39 is 37.5 Å². The summed E-state index contributed by atoms with van der Waals surface area (Å²) in [6.45, 7) is 3.89. The number of hydrogen-bond acceptors (Lipinski definition) is 11. The lowest BCUT2D eigenvalue weighted by molar-refractivity contribution is -0.278. The van der Waals surface area contributed by atoms with Gasteiger partial charge in [0.25, 0.3) is 0 Å². The number of anilines is 1. The van der Waals surface area contributed by atoms with Gasteiger partial charge in [-0.05, 0) is 42.8 Å². The van der Waals surface area contributed by atoms with E-state index in [4.69, 9.17) is 18.3 Å². The van der Waals surface area contributed by atoms with E-state index in [0.717, 1.165) is 17.4 Å². The maximum absolute atomic E-state index is 15.2. The summed E-state index contributed by atoms with van der Waals surface area (Å²) in [5, 5.41) is 22.4. The number of aryl methyl sites for hydroxylation is 1. The van der Waals surface area contributed by atoms with E-state index >= 15 is 4.39 Å². The number of phosphoric ester groups is 1. The van der Waals surface area contributed by atoms with Gasteiger partial charge in [-0.25, -0.2) is 32.2 Å². The van der Waals surface area contributed by atoms with E-state index in [-0.39, 0.29) is 11.3 Å². The van der Waals surface area contributed by atoms with Crippen LogP contribution in [0.4, 0.5) is 14.9 Å². The quantitative estimate of drug-likeness (QED) is 0.494. The molecule has 1 spiro atoms. The van der Waals surface area contributed by atoms with Gasteiger partial charge < -0.3 is 9.84 Å². The third kappa shape index (κ3) is 3.01. The number of aliphatic hydroxyl groups is 1. The summed E-state index contributed by atoms with van der Waals surface area (Å²) < 4.78 is 48.3. The summed E-state index contributed by atoms with van der Waals surface area (Å²) in [6.07, 6.45) is -0.160. The highest BCUT2D eigenvalue weighted by molar-refractivity contribution is 7.50. The van der Waals surface area contributed by atoms with Gasteiger partial charge in [-0.2, -0.15) is 4.80 Å². The maximum atomic E-state index is 15.2. The van der Waals surface area contributed by atoms with Crippen molar-refractivity contribution in [2.75, 3.05) is 4.90 Å². The average molecular weight is 504 g/mol. The molecule has 35 heavy (non-hydrogen) atoms. The molecule has 1 amide bonds. The molecular formula is C20H18FN6O7P. The van der Waals surface area contributed by atoms with E-state index in [1.54, 1.807) is 12.1 Å². The fourth-order valence-electron chi connectivity index (χ4n) is 4.22. The van der Waals surface area contributed by atoms with Gasteiger partial charge in [0.05, 0.1) is 12.2 Å². The minimum absolute atomic E-state index is 0.0168. The smallest absolute Gasteiger partial charge is 0.405 e. The molecule has 0 saturated carbocycles. The highest BCUT2D eigenvalue weighted by atomic mass is 31.2. The van der Waals surface area contributed by atoms with Crippen LogP contribution in [0.15, 0.2) is 36.5 Å². The Morgan fingerprint density at radius 3 is 2.69 bits per heavy atom. The van der Waals surface area contributed by atoms with Crippen molar-refractivity contribution < 1.29 is 37.2 Å². The monoisotopic (exact) mass is 504 g/mol. The molecule has 2 aromatic heterocycles. The Bertz CT molecular complexity index is 1390. The summed E-state index contributed by atoms with van der Waals surface area (Å²) in [4.78, 5) is 19.2. The van der Waals surface area contributed by atoms with E-state index in [2.05, 4.69) is 20.4 Å². The lowest BCUT2D eigenvalue weighted by Crippen LogP contribution is -2.63. The van der Waals surface area contributed by atoms with Crippen molar-refractivity contribution in [1.82, 2.24) is 25.2 Å². The average Bonchev–Trinajstić information content (AvgIpc) is 3.48. The molecule has 0 aliphatic carbocycles. The zero-order chi connectivity index (χ0) is 24.6. The number of nitrogens with zero attached hydrogens (tertiary/aromatic N) is 6. The topological polar surface area (TPSA) is 151 Å². The van der Waals surface area contributed by atoms with Crippen LogP contribution in [0.2, 0.25) is 0 Å². The summed E-state index contributed by atoms with van der Waals surface area (Å²) in [5.74, 6) is -4.63. The van der Waals surface area contributed by atoms with E-state index in [1.165, 1.54) is 30.0 Å². The molecule has 4 aliphatic rings. The van der Waals surface area contributed by atoms with Crippen LogP contribution < -0.4 is 4.90 Å². The first-order valence-electron chi connectivity index (χ1n) is 10.7. The van der Waals surface area contributed by atoms with Gasteiger partial charge in [0, 0.05) is 17.3 Å². The van der Waals surface area contributed by atoms with Gasteiger partial charge in [-0.15, -0.1) is 10.2 Å². The number of aliphatic hydroxyl groups excluding tert-OH is 1. The molecule has 2 bridgehead atoms. The number of rotatable bonds is 6. The van der Waals surface area contributed by atoms with Crippen molar-refractivity contribution in [3.63, 3.8) is 0 Å². The fraction of sp³-hybridized carbons (Fsp3) is 0.350. The highest BCUT2D eigenvalue weighted by Gasteiger charge is 2.90. The van der Waals surface area contributed by atoms with Gasteiger partial charge in [-0.3, -0.25) is 4.98 Å². The summed E-state index contributed by atoms with van der Waals surface area (Å²) in [5.41, 5.74) is 1.12. The van der Waals surface area contributed by atoms with Crippen LogP contribution in [0.1, 0.15) is 20.3 Å². The minimum atomic E-state index is -3.99. The second-order valence-corrected chi connectivity index (χ2v) is 9.60. The number of amides is 1. The van der Waals surface area contributed by atoms with Crippen LogP contribution in [0.5, 0.6) is 0 Å². The van der Waals surface area contributed by atoms with Crippen LogP contribution in [0.25, 0.3) is 22.6 Å². The second kappa shape index (κ2) is 7.35. The molecule has 13 nitrogen and oxygen atoms in total. The maximum Gasteiger partial charge on any atom is 0.486 e.